The van der Waals surface area contributed by atoms with Crippen LogP contribution in [0.25, 0.3) is 0 Å². The minimum atomic E-state index is -1.18. The molecule has 0 aliphatic carbocycles. The van der Waals surface area contributed by atoms with Gasteiger partial charge in [-0.1, -0.05) is 0 Å². The Bertz CT molecular complexity index is 367. The second kappa shape index (κ2) is 12.1. The Hall–Kier alpha value is -0.400. The topological polar surface area (TPSA) is 114 Å². The van der Waals surface area contributed by atoms with Crippen molar-refractivity contribution in [1.29, 1.82) is 0 Å². The van der Waals surface area contributed by atoms with Gasteiger partial charge in [0, 0.05) is 21.3 Å². The van der Waals surface area contributed by atoms with Crippen molar-refractivity contribution in [3.05, 3.63) is 0 Å². The predicted octanol–water partition coefficient (Wildman–Crippen LogP) is -0.542. The van der Waals surface area contributed by atoms with Gasteiger partial charge >= 0.3 is 0 Å². The maximum atomic E-state index is 10.7. The molecule has 0 spiro atoms. The highest BCUT2D eigenvalue weighted by Gasteiger charge is 2.48. The van der Waals surface area contributed by atoms with Crippen LogP contribution in [0.1, 0.15) is 13.8 Å². The Labute approximate surface area is 154 Å². The molecule has 0 saturated carbocycles. The largest absolute Gasteiger partial charge is 0.394 e. The van der Waals surface area contributed by atoms with Gasteiger partial charge < -0.3 is 48.1 Å². The van der Waals surface area contributed by atoms with Gasteiger partial charge in [-0.15, -0.1) is 0 Å². The van der Waals surface area contributed by atoms with Crippen molar-refractivity contribution < 1.29 is 48.1 Å². The van der Waals surface area contributed by atoms with Gasteiger partial charge in [0.1, 0.15) is 50.9 Å². The lowest BCUT2D eigenvalue weighted by Crippen LogP contribution is -2.53. The van der Waals surface area contributed by atoms with Crippen LogP contribution in [-0.4, -0.2) is 101 Å². The van der Waals surface area contributed by atoms with Crippen molar-refractivity contribution in [3.63, 3.8) is 0 Å². The van der Waals surface area contributed by atoms with Crippen molar-refractivity contribution in [3.8, 4) is 0 Å². The fraction of sp³-hybridized carbons (Fsp3) is 1.00. The summed E-state index contributed by atoms with van der Waals surface area (Å²) in [4.78, 5) is 0. The van der Waals surface area contributed by atoms with Crippen LogP contribution in [0.3, 0.4) is 0 Å². The van der Waals surface area contributed by atoms with Crippen molar-refractivity contribution in [2.75, 3.05) is 54.9 Å². The Balaban J connectivity index is 3.07. The highest BCUT2D eigenvalue weighted by Crippen LogP contribution is 2.30. The average molecular weight is 384 g/mol. The van der Waals surface area contributed by atoms with Gasteiger partial charge in [-0.2, -0.15) is 0 Å². The van der Waals surface area contributed by atoms with Crippen molar-refractivity contribution in [2.45, 2.75) is 50.2 Å². The maximum Gasteiger partial charge on any atom is 0.164 e. The van der Waals surface area contributed by atoms with Gasteiger partial charge in [0.05, 0.1) is 13.2 Å². The summed E-state index contributed by atoms with van der Waals surface area (Å²) < 4.78 is 43.2. The summed E-state index contributed by atoms with van der Waals surface area (Å²) in [5.41, 5.74) is 0. The number of rotatable bonds is 12. The lowest BCUT2D eigenvalue weighted by Gasteiger charge is -2.35. The summed E-state index contributed by atoms with van der Waals surface area (Å²) in [5, 5.41) is 20.3. The first-order valence-corrected chi connectivity index (χ1v) is 8.32. The van der Waals surface area contributed by atoms with E-state index in [1.807, 2.05) is 0 Å². The molecule has 0 aromatic heterocycles. The number of hydrogen-bond donors (Lipinski definition) is 2. The molecule has 1 rings (SSSR count). The molecule has 2 N–H and O–H groups in total. The predicted molar refractivity (Wildman–Crippen MR) is 88.2 cm³/mol. The second-order valence-electron chi connectivity index (χ2n) is 6.24. The molecule has 5 atom stereocenters. The highest BCUT2D eigenvalue weighted by atomic mass is 16.7. The third-order valence-corrected chi connectivity index (χ3v) is 3.70. The van der Waals surface area contributed by atoms with Crippen LogP contribution in [0.4, 0.5) is 0 Å². The lowest BCUT2D eigenvalue weighted by atomic mass is 9.99. The van der Waals surface area contributed by atoms with Gasteiger partial charge in [-0.05, 0) is 13.8 Å². The first-order chi connectivity index (χ1) is 12.4. The van der Waals surface area contributed by atoms with Gasteiger partial charge in [0.25, 0.3) is 0 Å². The molecule has 1 aliphatic heterocycles. The lowest BCUT2D eigenvalue weighted by molar-refractivity contribution is -0.280. The standard InChI is InChI=1S/C16H32O10/c1-16(2)25-11(6-17)13(18)15(24-10-21-5)14(26-16)12(23-9-20-4)7-22-8-19-3/h11-15,17-18H,6-10H2,1-5H3/t11-,12-,13-,14-,15?/m1/s1. The van der Waals surface area contributed by atoms with E-state index in [2.05, 4.69) is 0 Å². The van der Waals surface area contributed by atoms with Crippen LogP contribution in [0.15, 0.2) is 0 Å². The summed E-state index contributed by atoms with van der Waals surface area (Å²) in [7, 11) is 4.46. The molecule has 0 aromatic rings. The Morgan fingerprint density at radius 1 is 1.00 bits per heavy atom. The molecular weight excluding hydrogens is 352 g/mol. The molecule has 1 aliphatic rings. The van der Waals surface area contributed by atoms with Gasteiger partial charge in [0.15, 0.2) is 5.79 Å². The molecule has 1 fully saturated rings. The van der Waals surface area contributed by atoms with Crippen LogP contribution < -0.4 is 0 Å². The van der Waals surface area contributed by atoms with Crippen LogP contribution in [0.5, 0.6) is 0 Å². The monoisotopic (exact) mass is 384 g/mol. The fourth-order valence-electron chi connectivity index (χ4n) is 2.68. The molecule has 0 amide bonds. The molecule has 1 saturated heterocycles. The van der Waals surface area contributed by atoms with Crippen molar-refractivity contribution in [2.24, 2.45) is 0 Å². The molecule has 10 nitrogen and oxygen atoms in total. The minimum Gasteiger partial charge on any atom is -0.394 e. The molecule has 26 heavy (non-hydrogen) atoms. The van der Waals surface area contributed by atoms with Crippen molar-refractivity contribution in [1.82, 2.24) is 0 Å². The first kappa shape index (κ1) is 23.6. The molecular formula is C16H32O10. The zero-order valence-corrected chi connectivity index (χ0v) is 16.1. The van der Waals surface area contributed by atoms with E-state index in [-0.39, 0.29) is 27.0 Å². The molecule has 1 heterocycles. The van der Waals surface area contributed by atoms with E-state index >= 15 is 0 Å². The summed E-state index contributed by atoms with van der Waals surface area (Å²) in [5.74, 6) is -1.11. The summed E-state index contributed by atoms with van der Waals surface area (Å²) in [6.07, 6.45) is -4.44. The van der Waals surface area contributed by atoms with E-state index < -0.39 is 42.9 Å². The third kappa shape index (κ3) is 7.31. The third-order valence-electron chi connectivity index (χ3n) is 3.70. The smallest absolute Gasteiger partial charge is 0.164 e. The Kier molecular flexibility index (Phi) is 11.0. The molecule has 0 radical (unpaired) electrons. The SMILES string of the molecule is COCOC[C@@H](OCOC)[C@H]1OC(C)(C)O[C@H](CO)[C@@H](O)C1OCOC. The van der Waals surface area contributed by atoms with E-state index in [0.717, 1.165) is 0 Å². The van der Waals surface area contributed by atoms with Crippen molar-refractivity contribution >= 4 is 0 Å². The molecule has 0 aromatic carbocycles. The summed E-state index contributed by atoms with van der Waals surface area (Å²) in [6.45, 7) is 3.01. The highest BCUT2D eigenvalue weighted by molar-refractivity contribution is 4.92. The van der Waals surface area contributed by atoms with Gasteiger partial charge in [-0.3, -0.25) is 0 Å². The van der Waals surface area contributed by atoms with E-state index in [4.69, 9.17) is 37.9 Å². The zero-order valence-electron chi connectivity index (χ0n) is 16.1. The summed E-state index contributed by atoms with van der Waals surface area (Å²) in [6, 6.07) is 0. The van der Waals surface area contributed by atoms with E-state index in [1.165, 1.54) is 21.3 Å². The second-order valence-corrected chi connectivity index (χ2v) is 6.24. The number of ether oxygens (including phenoxy) is 8. The number of aliphatic hydroxyl groups is 2. The van der Waals surface area contributed by atoms with E-state index in [0.29, 0.717) is 0 Å². The number of aliphatic hydroxyl groups excluding tert-OH is 2. The van der Waals surface area contributed by atoms with Gasteiger partial charge in [-0.25, -0.2) is 0 Å². The molecule has 10 heteroatoms. The van der Waals surface area contributed by atoms with Crippen LogP contribution in [-0.2, 0) is 37.9 Å². The van der Waals surface area contributed by atoms with Crippen LogP contribution in [0, 0.1) is 0 Å². The van der Waals surface area contributed by atoms with Gasteiger partial charge in [0.2, 0.25) is 0 Å². The summed E-state index contributed by atoms with van der Waals surface area (Å²) >= 11 is 0. The molecule has 0 bridgehead atoms. The van der Waals surface area contributed by atoms with Crippen LogP contribution in [0.2, 0.25) is 0 Å². The minimum absolute atomic E-state index is 0.0152. The van der Waals surface area contributed by atoms with E-state index in [1.54, 1.807) is 13.8 Å². The quantitative estimate of drug-likeness (QED) is 0.336. The molecule has 1 unspecified atom stereocenters. The fourth-order valence-corrected chi connectivity index (χ4v) is 2.68. The zero-order chi connectivity index (χ0) is 19.6. The first-order valence-electron chi connectivity index (χ1n) is 8.32. The normalized spacial score (nSPS) is 30.1. The Morgan fingerprint density at radius 2 is 1.65 bits per heavy atom. The van der Waals surface area contributed by atoms with Crippen LogP contribution >= 0.6 is 0 Å². The van der Waals surface area contributed by atoms with E-state index in [9.17, 15) is 10.2 Å². The number of hydrogen-bond acceptors (Lipinski definition) is 10. The Morgan fingerprint density at radius 3 is 2.23 bits per heavy atom. The molecule has 156 valence electrons. The number of methoxy groups -OCH3 is 3. The average Bonchev–Trinajstić information content (AvgIpc) is 2.70. The maximum absolute atomic E-state index is 10.7.